The molecule has 0 aliphatic rings. The Morgan fingerprint density at radius 1 is 1.33 bits per heavy atom. The summed E-state index contributed by atoms with van der Waals surface area (Å²) in [6.45, 7) is 1.88. The molecule has 0 aliphatic carbocycles. The van der Waals surface area contributed by atoms with E-state index in [0.717, 1.165) is 10.4 Å². The molecule has 2 nitrogen and oxygen atoms in total. The van der Waals surface area contributed by atoms with Gasteiger partial charge >= 0.3 is 0 Å². The molecular weight excluding hydrogens is 322 g/mol. The van der Waals surface area contributed by atoms with E-state index in [1.807, 2.05) is 18.4 Å². The van der Waals surface area contributed by atoms with Crippen molar-refractivity contribution >= 4 is 27.3 Å². The van der Waals surface area contributed by atoms with Crippen molar-refractivity contribution in [3.63, 3.8) is 0 Å². The number of aryl methyl sites for hydroxylation is 1. The van der Waals surface area contributed by atoms with Gasteiger partial charge < -0.3 is 0 Å². The number of hydrogen-bond acceptors (Lipinski definition) is 3. The zero-order valence-electron chi connectivity index (χ0n) is 9.51. The Balaban J connectivity index is 2.56. The Morgan fingerprint density at radius 2 is 1.94 bits per heavy atom. The van der Waals surface area contributed by atoms with Crippen LogP contribution in [0.3, 0.4) is 0 Å². The van der Waals surface area contributed by atoms with Gasteiger partial charge in [-0.1, -0.05) is 15.9 Å². The second kappa shape index (κ2) is 5.44. The predicted octanol–water partition coefficient (Wildman–Crippen LogP) is 3.65. The number of benzene rings is 1. The molecule has 1 aromatic carbocycles. The standard InChI is InChI=1S/C12H11BrF2N2S/c1-6-2-3-18-12(6)11(17-16)10-8(14)4-7(13)5-9(10)15/h2-5,11,17H,16H2,1H3. The first kappa shape index (κ1) is 13.6. The summed E-state index contributed by atoms with van der Waals surface area (Å²) in [5.41, 5.74) is 3.36. The first-order valence-electron chi connectivity index (χ1n) is 5.19. The van der Waals surface area contributed by atoms with Crippen LogP contribution in [0, 0.1) is 18.6 Å². The monoisotopic (exact) mass is 332 g/mol. The lowest BCUT2D eigenvalue weighted by Gasteiger charge is -2.17. The van der Waals surface area contributed by atoms with E-state index in [9.17, 15) is 8.78 Å². The van der Waals surface area contributed by atoms with E-state index >= 15 is 0 Å². The summed E-state index contributed by atoms with van der Waals surface area (Å²) in [6.07, 6.45) is 0. The lowest BCUT2D eigenvalue weighted by molar-refractivity contribution is 0.512. The summed E-state index contributed by atoms with van der Waals surface area (Å²) in [6, 6.07) is 3.66. The smallest absolute Gasteiger partial charge is 0.132 e. The zero-order chi connectivity index (χ0) is 13.3. The topological polar surface area (TPSA) is 38.0 Å². The average molecular weight is 333 g/mol. The second-order valence-electron chi connectivity index (χ2n) is 3.85. The van der Waals surface area contributed by atoms with Gasteiger partial charge in [0.25, 0.3) is 0 Å². The normalized spacial score (nSPS) is 12.7. The van der Waals surface area contributed by atoms with E-state index in [1.54, 1.807) is 0 Å². The number of nitrogens with two attached hydrogens (primary N) is 1. The van der Waals surface area contributed by atoms with Crippen LogP contribution in [0.1, 0.15) is 22.0 Å². The van der Waals surface area contributed by atoms with Crippen molar-refractivity contribution in [1.82, 2.24) is 5.43 Å². The average Bonchev–Trinajstić information content (AvgIpc) is 2.69. The highest BCUT2D eigenvalue weighted by Gasteiger charge is 2.23. The maximum absolute atomic E-state index is 13.9. The third-order valence-electron chi connectivity index (χ3n) is 2.66. The molecule has 2 aromatic rings. The maximum atomic E-state index is 13.9. The Labute approximate surface area is 116 Å². The van der Waals surface area contributed by atoms with Gasteiger partial charge in [-0.15, -0.1) is 11.3 Å². The maximum Gasteiger partial charge on any atom is 0.132 e. The van der Waals surface area contributed by atoms with Crippen LogP contribution in [0.5, 0.6) is 0 Å². The number of hydrazine groups is 1. The highest BCUT2D eigenvalue weighted by Crippen LogP contribution is 2.33. The summed E-state index contributed by atoms with van der Waals surface area (Å²) in [5, 5.41) is 1.86. The fraction of sp³-hybridized carbons (Fsp3) is 0.167. The van der Waals surface area contributed by atoms with Crippen LogP contribution in [-0.2, 0) is 0 Å². The Kier molecular flexibility index (Phi) is 4.11. The lowest BCUT2D eigenvalue weighted by Crippen LogP contribution is -2.30. The molecule has 3 N–H and O–H groups in total. The molecule has 0 amide bonds. The van der Waals surface area contributed by atoms with Crippen molar-refractivity contribution < 1.29 is 8.78 Å². The van der Waals surface area contributed by atoms with Crippen LogP contribution >= 0.6 is 27.3 Å². The van der Waals surface area contributed by atoms with Crippen LogP contribution in [0.4, 0.5) is 8.78 Å². The Morgan fingerprint density at radius 3 is 2.39 bits per heavy atom. The van der Waals surface area contributed by atoms with Gasteiger partial charge in [-0.05, 0) is 36.1 Å². The summed E-state index contributed by atoms with van der Waals surface area (Å²) in [7, 11) is 0. The molecular formula is C12H11BrF2N2S. The number of hydrogen-bond donors (Lipinski definition) is 2. The van der Waals surface area contributed by atoms with E-state index in [2.05, 4.69) is 21.4 Å². The minimum atomic E-state index is -0.682. The van der Waals surface area contributed by atoms with Crippen LogP contribution in [0.2, 0.25) is 0 Å². The number of halogens is 3. The van der Waals surface area contributed by atoms with Crippen molar-refractivity contribution in [2.45, 2.75) is 13.0 Å². The summed E-state index contributed by atoms with van der Waals surface area (Å²) in [4.78, 5) is 0.803. The van der Waals surface area contributed by atoms with Gasteiger partial charge in [-0.3, -0.25) is 5.84 Å². The molecule has 1 aromatic heterocycles. The van der Waals surface area contributed by atoms with E-state index in [-0.39, 0.29) is 5.56 Å². The van der Waals surface area contributed by atoms with Crippen molar-refractivity contribution in [2.24, 2.45) is 5.84 Å². The zero-order valence-corrected chi connectivity index (χ0v) is 11.9. The van der Waals surface area contributed by atoms with E-state index in [0.29, 0.717) is 4.47 Å². The molecule has 0 bridgehead atoms. The minimum Gasteiger partial charge on any atom is -0.271 e. The van der Waals surface area contributed by atoms with Crippen LogP contribution in [-0.4, -0.2) is 0 Å². The van der Waals surface area contributed by atoms with Gasteiger partial charge in [-0.2, -0.15) is 0 Å². The predicted molar refractivity (Wildman–Crippen MR) is 72.3 cm³/mol. The molecule has 2 rings (SSSR count). The van der Waals surface area contributed by atoms with Crippen LogP contribution in [0.15, 0.2) is 28.1 Å². The molecule has 96 valence electrons. The Bertz CT molecular complexity index is 548. The van der Waals surface area contributed by atoms with Crippen molar-refractivity contribution in [1.29, 1.82) is 0 Å². The van der Waals surface area contributed by atoms with Crippen molar-refractivity contribution in [3.8, 4) is 0 Å². The number of nitrogens with one attached hydrogen (secondary N) is 1. The number of thiophene rings is 1. The quantitative estimate of drug-likeness (QED) is 0.665. The SMILES string of the molecule is Cc1ccsc1C(NN)c1c(F)cc(Br)cc1F. The third kappa shape index (κ3) is 2.47. The minimum absolute atomic E-state index is 0.0637. The highest BCUT2D eigenvalue weighted by molar-refractivity contribution is 9.10. The first-order chi connectivity index (χ1) is 8.54. The molecule has 0 aliphatic heterocycles. The van der Waals surface area contributed by atoms with Gasteiger partial charge in [0.1, 0.15) is 11.6 Å². The third-order valence-corrected chi connectivity index (χ3v) is 4.20. The largest absolute Gasteiger partial charge is 0.271 e. The fourth-order valence-corrected chi connectivity index (χ4v) is 3.20. The fourth-order valence-electron chi connectivity index (χ4n) is 1.80. The molecule has 1 atom stereocenters. The molecule has 0 saturated heterocycles. The number of rotatable bonds is 3. The van der Waals surface area contributed by atoms with Gasteiger partial charge in [0.2, 0.25) is 0 Å². The molecule has 18 heavy (non-hydrogen) atoms. The molecule has 0 fully saturated rings. The summed E-state index contributed by atoms with van der Waals surface area (Å²) < 4.78 is 28.2. The lowest BCUT2D eigenvalue weighted by atomic mass is 10.0. The van der Waals surface area contributed by atoms with E-state index in [4.69, 9.17) is 5.84 Å². The summed E-state index contributed by atoms with van der Waals surface area (Å²) >= 11 is 4.46. The first-order valence-corrected chi connectivity index (χ1v) is 6.86. The van der Waals surface area contributed by atoms with E-state index in [1.165, 1.54) is 23.5 Å². The van der Waals surface area contributed by atoms with E-state index < -0.39 is 17.7 Å². The van der Waals surface area contributed by atoms with Gasteiger partial charge in [0.05, 0.1) is 6.04 Å². The van der Waals surface area contributed by atoms with Gasteiger partial charge in [0, 0.05) is 14.9 Å². The molecule has 0 radical (unpaired) electrons. The molecule has 6 heteroatoms. The van der Waals surface area contributed by atoms with Gasteiger partial charge in [0.15, 0.2) is 0 Å². The second-order valence-corrected chi connectivity index (χ2v) is 5.71. The molecule has 1 heterocycles. The highest BCUT2D eigenvalue weighted by atomic mass is 79.9. The molecule has 1 unspecified atom stereocenters. The van der Waals surface area contributed by atoms with Crippen LogP contribution in [0.25, 0.3) is 0 Å². The van der Waals surface area contributed by atoms with Crippen LogP contribution < -0.4 is 11.3 Å². The van der Waals surface area contributed by atoms with Crippen molar-refractivity contribution in [2.75, 3.05) is 0 Å². The summed E-state index contributed by atoms with van der Waals surface area (Å²) in [5.74, 6) is 4.20. The molecule has 0 saturated carbocycles. The van der Waals surface area contributed by atoms with Gasteiger partial charge in [-0.25, -0.2) is 14.2 Å². The Hall–Kier alpha value is -0.820. The van der Waals surface area contributed by atoms with Crippen molar-refractivity contribution in [3.05, 3.63) is 55.7 Å². The molecule has 0 spiro atoms.